The van der Waals surface area contributed by atoms with Gasteiger partial charge < -0.3 is 0 Å². The van der Waals surface area contributed by atoms with Gasteiger partial charge in [0, 0.05) is 6.42 Å². The van der Waals surface area contributed by atoms with Gasteiger partial charge in [-0.15, -0.1) is 0 Å². The van der Waals surface area contributed by atoms with Gasteiger partial charge in [-0.3, -0.25) is 0 Å². The summed E-state index contributed by atoms with van der Waals surface area (Å²) < 4.78 is 25.0. The molecule has 0 spiro atoms. The molecule has 0 radical (unpaired) electrons. The van der Waals surface area contributed by atoms with E-state index in [0.29, 0.717) is 0 Å². The van der Waals surface area contributed by atoms with Crippen LogP contribution in [0.25, 0.3) is 0 Å². The molecule has 0 atom stereocenters. The molecule has 1 aromatic rings. The van der Waals surface area contributed by atoms with E-state index in [1.165, 1.54) is 36.4 Å². The molecule has 6 nitrogen and oxygen atoms in total. The fourth-order valence-corrected chi connectivity index (χ4v) is 3.33. The van der Waals surface area contributed by atoms with Crippen LogP contribution in [0.15, 0.2) is 68.3 Å². The monoisotopic (exact) mass is 302 g/mol. The molecule has 2 rings (SSSR count). The number of hydrogen-bond donors (Lipinski definition) is 0. The van der Waals surface area contributed by atoms with E-state index in [2.05, 4.69) is 9.98 Å². The molecule has 1 aromatic carbocycles. The van der Waals surface area contributed by atoms with Gasteiger partial charge in [-0.05, 0) is 24.3 Å². The maximum Gasteiger partial charge on any atom is 0.237 e. The molecule has 0 saturated carbocycles. The van der Waals surface area contributed by atoms with Crippen LogP contribution in [0.5, 0.6) is 0 Å². The van der Waals surface area contributed by atoms with Crippen molar-refractivity contribution in [3.05, 3.63) is 53.5 Å². The number of hydrogen-bond acceptors (Lipinski definition) is 6. The van der Waals surface area contributed by atoms with Gasteiger partial charge >= 0.3 is 0 Å². The number of benzene rings is 1. The molecule has 21 heavy (non-hydrogen) atoms. The molecule has 106 valence electrons. The van der Waals surface area contributed by atoms with Crippen LogP contribution < -0.4 is 0 Å². The number of isocyanates is 2. The first-order chi connectivity index (χ1) is 10.0. The average molecular weight is 302 g/mol. The standard InChI is InChI=1S/C14H10N2O4S/c17-10-15-14(16-11-18)8-4-7-13(9-14)21(19,20)12-5-2-1-3-6-12/h1-7,9H,8H2. The maximum absolute atomic E-state index is 12.5. The lowest BCUT2D eigenvalue weighted by Crippen LogP contribution is -2.24. The van der Waals surface area contributed by atoms with E-state index in [0.717, 1.165) is 6.08 Å². The van der Waals surface area contributed by atoms with Crippen molar-refractivity contribution in [2.24, 2.45) is 9.98 Å². The number of aliphatic imine (C=N–C) groups is 2. The molecule has 1 aliphatic carbocycles. The van der Waals surface area contributed by atoms with Crippen LogP contribution in [0.3, 0.4) is 0 Å². The van der Waals surface area contributed by atoms with Crippen LogP contribution in [-0.4, -0.2) is 26.2 Å². The summed E-state index contributed by atoms with van der Waals surface area (Å²) in [5.41, 5.74) is -1.59. The van der Waals surface area contributed by atoms with Gasteiger partial charge in [-0.1, -0.05) is 24.3 Å². The summed E-state index contributed by atoms with van der Waals surface area (Å²) in [7, 11) is -3.78. The molecule has 0 N–H and O–H groups in total. The molecule has 0 amide bonds. The van der Waals surface area contributed by atoms with Gasteiger partial charge in [0.25, 0.3) is 0 Å². The minimum Gasteiger partial charge on any atom is -0.219 e. The Balaban J connectivity index is 2.58. The summed E-state index contributed by atoms with van der Waals surface area (Å²) in [6.07, 6.45) is 6.73. The summed E-state index contributed by atoms with van der Waals surface area (Å²) in [4.78, 5) is 27.9. The molecule has 0 heterocycles. The zero-order valence-electron chi connectivity index (χ0n) is 10.8. The highest BCUT2D eigenvalue weighted by atomic mass is 32.2. The molecule has 0 fully saturated rings. The third-order valence-corrected chi connectivity index (χ3v) is 4.68. The zero-order valence-corrected chi connectivity index (χ0v) is 11.6. The van der Waals surface area contributed by atoms with Crippen LogP contribution in [0.4, 0.5) is 0 Å². The van der Waals surface area contributed by atoms with Gasteiger partial charge in [-0.2, -0.15) is 9.98 Å². The van der Waals surface area contributed by atoms with Crippen LogP contribution in [0, 0.1) is 0 Å². The second kappa shape index (κ2) is 5.81. The van der Waals surface area contributed by atoms with Crippen LogP contribution in [0.1, 0.15) is 6.42 Å². The highest BCUT2D eigenvalue weighted by Gasteiger charge is 2.32. The van der Waals surface area contributed by atoms with E-state index in [9.17, 15) is 18.0 Å². The lowest BCUT2D eigenvalue weighted by Gasteiger charge is -2.21. The predicted octanol–water partition coefficient (Wildman–Crippen LogP) is 1.67. The molecule has 0 unspecified atom stereocenters. The Bertz CT molecular complexity index is 779. The number of allylic oxidation sites excluding steroid dienone is 1. The predicted molar refractivity (Wildman–Crippen MR) is 74.4 cm³/mol. The van der Waals surface area contributed by atoms with Crippen molar-refractivity contribution in [2.45, 2.75) is 17.0 Å². The van der Waals surface area contributed by atoms with E-state index in [-0.39, 0.29) is 16.2 Å². The van der Waals surface area contributed by atoms with E-state index in [4.69, 9.17) is 0 Å². The van der Waals surface area contributed by atoms with E-state index < -0.39 is 15.5 Å². The number of sulfone groups is 1. The number of rotatable bonds is 4. The first-order valence-electron chi connectivity index (χ1n) is 5.92. The molecule has 7 heteroatoms. The Morgan fingerprint density at radius 1 is 1.05 bits per heavy atom. The largest absolute Gasteiger partial charge is 0.237 e. The molecule has 0 aromatic heterocycles. The normalized spacial score (nSPS) is 20.9. The summed E-state index contributed by atoms with van der Waals surface area (Å²) in [6, 6.07) is 7.79. The summed E-state index contributed by atoms with van der Waals surface area (Å²) >= 11 is 0. The average Bonchev–Trinajstić information content (AvgIpc) is 2.49. The second-order valence-electron chi connectivity index (χ2n) is 4.25. The maximum atomic E-state index is 12.5. The van der Waals surface area contributed by atoms with Gasteiger partial charge in [0.05, 0.1) is 9.80 Å². The second-order valence-corrected chi connectivity index (χ2v) is 6.20. The zero-order chi connectivity index (χ0) is 15.3. The lowest BCUT2D eigenvalue weighted by molar-refractivity contribution is 0.512. The minimum atomic E-state index is -3.78. The third-order valence-electron chi connectivity index (χ3n) is 2.92. The molecule has 1 aliphatic rings. The first kappa shape index (κ1) is 14.8. The molecular formula is C14H10N2O4S. The van der Waals surface area contributed by atoms with Crippen molar-refractivity contribution in [3.63, 3.8) is 0 Å². The molecule has 0 bridgehead atoms. The highest BCUT2D eigenvalue weighted by molar-refractivity contribution is 7.95. The van der Waals surface area contributed by atoms with Crippen LogP contribution in [0.2, 0.25) is 0 Å². The number of nitrogens with zero attached hydrogens (tertiary/aromatic N) is 2. The third kappa shape index (κ3) is 2.95. The van der Waals surface area contributed by atoms with E-state index in [1.54, 1.807) is 18.2 Å². The van der Waals surface area contributed by atoms with Crippen LogP contribution >= 0.6 is 0 Å². The fourth-order valence-electron chi connectivity index (χ4n) is 1.93. The van der Waals surface area contributed by atoms with E-state index in [1.807, 2.05) is 0 Å². The van der Waals surface area contributed by atoms with E-state index >= 15 is 0 Å². The Hall–Kier alpha value is -2.59. The minimum absolute atomic E-state index is 0.0852. The molecule has 0 aliphatic heterocycles. The lowest BCUT2D eigenvalue weighted by atomic mass is 10.0. The smallest absolute Gasteiger partial charge is 0.219 e. The highest BCUT2D eigenvalue weighted by Crippen LogP contribution is 2.31. The van der Waals surface area contributed by atoms with Crippen molar-refractivity contribution < 1.29 is 18.0 Å². The quantitative estimate of drug-likeness (QED) is 0.624. The SMILES string of the molecule is O=C=NC1(N=C=O)C=C(S(=O)(=O)c2ccccc2)C=CC1. The van der Waals surface area contributed by atoms with Gasteiger partial charge in [0.15, 0.2) is 5.66 Å². The van der Waals surface area contributed by atoms with Crippen molar-refractivity contribution in [1.29, 1.82) is 0 Å². The Kier molecular flexibility index (Phi) is 4.10. The summed E-state index contributed by atoms with van der Waals surface area (Å²) in [5, 5.41) is 0. The molecular weight excluding hydrogens is 292 g/mol. The fraction of sp³-hybridized carbons (Fsp3) is 0.143. The molecule has 0 saturated heterocycles. The summed E-state index contributed by atoms with van der Waals surface area (Å²) in [6.45, 7) is 0. The first-order valence-corrected chi connectivity index (χ1v) is 7.40. The Morgan fingerprint density at radius 2 is 1.67 bits per heavy atom. The summed E-state index contributed by atoms with van der Waals surface area (Å²) in [5.74, 6) is 0. The number of carbonyl (C=O) groups excluding carboxylic acids is 2. The van der Waals surface area contributed by atoms with Crippen LogP contribution in [-0.2, 0) is 19.4 Å². The van der Waals surface area contributed by atoms with Crippen molar-refractivity contribution in [3.8, 4) is 0 Å². The van der Waals surface area contributed by atoms with Crippen molar-refractivity contribution in [2.75, 3.05) is 0 Å². The van der Waals surface area contributed by atoms with Gasteiger partial charge in [0.1, 0.15) is 0 Å². The van der Waals surface area contributed by atoms with Gasteiger partial charge in [0.2, 0.25) is 22.0 Å². The Labute approximate surface area is 121 Å². The van der Waals surface area contributed by atoms with Crippen molar-refractivity contribution >= 4 is 22.0 Å². The van der Waals surface area contributed by atoms with Gasteiger partial charge in [-0.25, -0.2) is 18.0 Å². The topological polar surface area (TPSA) is 93.0 Å². The Morgan fingerprint density at radius 3 is 2.24 bits per heavy atom. The van der Waals surface area contributed by atoms with Crippen molar-refractivity contribution in [1.82, 2.24) is 0 Å².